The maximum atomic E-state index is 6.71. The minimum Gasteiger partial charge on any atom is -0.456 e. The fraction of sp³-hybridized carbons (Fsp3) is 0. The molecule has 4 aromatic heterocycles. The molecule has 266 valence electrons. The summed E-state index contributed by atoms with van der Waals surface area (Å²) < 4.78 is 11.2. The van der Waals surface area contributed by atoms with Gasteiger partial charge in [0.25, 0.3) is 0 Å². The van der Waals surface area contributed by atoms with Gasteiger partial charge in [0.15, 0.2) is 11.6 Å². The van der Waals surface area contributed by atoms with E-state index in [1.54, 1.807) is 0 Å². The largest absolute Gasteiger partial charge is 0.456 e. The normalized spacial score (nSPS) is 11.9. The number of rotatable bonds is 5. The van der Waals surface area contributed by atoms with Crippen molar-refractivity contribution < 1.29 is 4.42 Å². The Hall–Kier alpha value is -7.83. The lowest BCUT2D eigenvalue weighted by Gasteiger charge is -2.11. The van der Waals surface area contributed by atoms with Gasteiger partial charge >= 0.3 is 0 Å². The monoisotopic (exact) mass is 729 g/mol. The summed E-state index contributed by atoms with van der Waals surface area (Å²) in [7, 11) is 0. The molecule has 4 heterocycles. The summed E-state index contributed by atoms with van der Waals surface area (Å²) >= 11 is 0. The SMILES string of the molecule is c1ccc(-c2cccc(-n3c4ccccc4c4cc5oc6cccc(-c7nc(-c8ccccc8)nc(-n8c9ccccc9c9ccccc98)n7)c6c5cc43)c2)cc1. The van der Waals surface area contributed by atoms with E-state index < -0.39 is 0 Å². The minimum atomic E-state index is 0.557. The number of hydrogen-bond donors (Lipinski definition) is 0. The van der Waals surface area contributed by atoms with Crippen LogP contribution in [0.5, 0.6) is 0 Å². The molecule has 0 bridgehead atoms. The minimum absolute atomic E-state index is 0.557. The summed E-state index contributed by atoms with van der Waals surface area (Å²) in [5.74, 6) is 1.73. The van der Waals surface area contributed by atoms with Crippen LogP contribution in [0.4, 0.5) is 0 Å². The van der Waals surface area contributed by atoms with E-state index in [4.69, 9.17) is 19.4 Å². The maximum Gasteiger partial charge on any atom is 0.238 e. The highest BCUT2D eigenvalue weighted by molar-refractivity contribution is 6.19. The van der Waals surface area contributed by atoms with Crippen molar-refractivity contribution in [3.05, 3.63) is 188 Å². The van der Waals surface area contributed by atoms with E-state index in [1.807, 2.05) is 42.5 Å². The molecule has 0 radical (unpaired) electrons. The maximum absolute atomic E-state index is 6.71. The van der Waals surface area contributed by atoms with Crippen LogP contribution < -0.4 is 0 Å². The zero-order valence-electron chi connectivity index (χ0n) is 30.5. The highest BCUT2D eigenvalue weighted by Crippen LogP contribution is 2.42. The van der Waals surface area contributed by atoms with Crippen LogP contribution in [0, 0.1) is 0 Å². The van der Waals surface area contributed by atoms with Gasteiger partial charge in [-0.2, -0.15) is 9.97 Å². The Bertz CT molecular complexity index is 3470. The van der Waals surface area contributed by atoms with Crippen LogP contribution in [0.3, 0.4) is 0 Å². The van der Waals surface area contributed by atoms with E-state index in [1.165, 1.54) is 16.5 Å². The van der Waals surface area contributed by atoms with Crippen LogP contribution >= 0.6 is 0 Å². The number of aromatic nitrogens is 5. The van der Waals surface area contributed by atoms with Crippen molar-refractivity contribution in [3.8, 4) is 45.5 Å². The van der Waals surface area contributed by atoms with Crippen LogP contribution in [0.25, 0.3) is 111 Å². The van der Waals surface area contributed by atoms with Gasteiger partial charge in [-0.3, -0.25) is 4.57 Å². The van der Waals surface area contributed by atoms with Crippen LogP contribution in [-0.2, 0) is 0 Å². The van der Waals surface area contributed by atoms with E-state index >= 15 is 0 Å². The van der Waals surface area contributed by atoms with Gasteiger partial charge in [-0.1, -0.05) is 140 Å². The van der Waals surface area contributed by atoms with Crippen molar-refractivity contribution in [2.24, 2.45) is 0 Å². The van der Waals surface area contributed by atoms with E-state index in [9.17, 15) is 0 Å². The Kier molecular flexibility index (Phi) is 6.83. The third kappa shape index (κ3) is 4.87. The van der Waals surface area contributed by atoms with Crippen molar-refractivity contribution in [1.29, 1.82) is 0 Å². The topological polar surface area (TPSA) is 61.7 Å². The molecule has 0 aliphatic carbocycles. The molecular weight excluding hydrogens is 699 g/mol. The number of para-hydroxylation sites is 3. The lowest BCUT2D eigenvalue weighted by atomic mass is 10.0. The summed E-state index contributed by atoms with van der Waals surface area (Å²) in [5.41, 5.74) is 11.1. The van der Waals surface area contributed by atoms with Crippen LogP contribution in [0.2, 0.25) is 0 Å². The van der Waals surface area contributed by atoms with Crippen molar-refractivity contribution in [1.82, 2.24) is 24.1 Å². The van der Waals surface area contributed by atoms with Crippen molar-refractivity contribution in [2.45, 2.75) is 0 Å². The van der Waals surface area contributed by atoms with Crippen molar-refractivity contribution >= 4 is 65.6 Å². The number of hydrogen-bond acceptors (Lipinski definition) is 4. The number of benzene rings is 8. The quantitative estimate of drug-likeness (QED) is 0.177. The first-order valence-electron chi connectivity index (χ1n) is 19.1. The Morgan fingerprint density at radius 2 is 0.930 bits per heavy atom. The predicted molar refractivity (Wildman–Crippen MR) is 232 cm³/mol. The summed E-state index contributed by atoms with van der Waals surface area (Å²) in [6.45, 7) is 0. The Labute approximate surface area is 326 Å². The highest BCUT2D eigenvalue weighted by atomic mass is 16.3. The molecule has 57 heavy (non-hydrogen) atoms. The van der Waals surface area contributed by atoms with Gasteiger partial charge in [-0.05, 0) is 59.7 Å². The molecule has 0 unspecified atom stereocenters. The van der Waals surface area contributed by atoms with Gasteiger partial charge in [-0.15, -0.1) is 0 Å². The molecule has 0 atom stereocenters. The summed E-state index contributed by atoms with van der Waals surface area (Å²) in [6, 6.07) is 65.5. The summed E-state index contributed by atoms with van der Waals surface area (Å²) in [6.07, 6.45) is 0. The lowest BCUT2D eigenvalue weighted by molar-refractivity contribution is 0.669. The van der Waals surface area contributed by atoms with Gasteiger partial charge in [0, 0.05) is 49.1 Å². The average Bonchev–Trinajstić information content (AvgIpc) is 3.93. The Balaban J connectivity index is 1.13. The molecule has 12 rings (SSSR count). The molecule has 12 aromatic rings. The van der Waals surface area contributed by atoms with Crippen LogP contribution in [0.15, 0.2) is 192 Å². The highest BCUT2D eigenvalue weighted by Gasteiger charge is 2.22. The molecule has 6 heteroatoms. The number of furan rings is 1. The van der Waals surface area contributed by atoms with Crippen molar-refractivity contribution in [3.63, 3.8) is 0 Å². The first kappa shape index (κ1) is 31.5. The van der Waals surface area contributed by atoms with Gasteiger partial charge in [0.1, 0.15) is 11.2 Å². The number of nitrogens with zero attached hydrogens (tertiary/aromatic N) is 5. The molecule has 0 fully saturated rings. The zero-order valence-corrected chi connectivity index (χ0v) is 30.5. The molecule has 0 aliphatic heterocycles. The summed E-state index contributed by atoms with van der Waals surface area (Å²) in [5, 5.41) is 6.55. The fourth-order valence-electron chi connectivity index (χ4n) is 8.65. The Morgan fingerprint density at radius 3 is 1.65 bits per heavy atom. The van der Waals surface area contributed by atoms with Gasteiger partial charge < -0.3 is 8.98 Å². The number of fused-ring (bicyclic) bond motifs is 9. The van der Waals surface area contributed by atoms with Crippen LogP contribution in [-0.4, -0.2) is 24.1 Å². The second-order valence-corrected chi connectivity index (χ2v) is 14.4. The fourth-order valence-corrected chi connectivity index (χ4v) is 8.65. The molecule has 0 N–H and O–H groups in total. The zero-order chi connectivity index (χ0) is 37.5. The Morgan fingerprint density at radius 1 is 0.351 bits per heavy atom. The standard InChI is InChI=1S/C51H31N5O/c1-3-15-32(16-4-1)34-19-13-20-35(29-34)55-42-25-10-9-23-38(42)40-31-47-41(30-45(40)55)48-39(24-14-28-46(48)57-47)50-52-49(33-17-5-2-6-18-33)53-51(54-50)56-43-26-11-7-21-36(43)37-22-8-12-27-44(37)56/h1-31H. The molecule has 0 saturated heterocycles. The molecule has 0 amide bonds. The second kappa shape index (κ2) is 12.3. The third-order valence-corrected chi connectivity index (χ3v) is 11.2. The van der Waals surface area contributed by atoms with Gasteiger partial charge in [0.2, 0.25) is 5.95 Å². The van der Waals surface area contributed by atoms with Crippen LogP contribution in [0.1, 0.15) is 0 Å². The molecule has 0 saturated carbocycles. The van der Waals surface area contributed by atoms with E-state index in [0.29, 0.717) is 17.6 Å². The lowest BCUT2D eigenvalue weighted by Crippen LogP contribution is -2.06. The third-order valence-electron chi connectivity index (χ3n) is 11.2. The second-order valence-electron chi connectivity index (χ2n) is 14.4. The van der Waals surface area contributed by atoms with E-state index in [2.05, 4.69) is 155 Å². The van der Waals surface area contributed by atoms with E-state index in [-0.39, 0.29) is 0 Å². The first-order valence-corrected chi connectivity index (χ1v) is 19.1. The van der Waals surface area contributed by atoms with Gasteiger partial charge in [-0.25, -0.2) is 4.98 Å². The predicted octanol–water partition coefficient (Wildman–Crippen LogP) is 13.0. The average molecular weight is 730 g/mol. The molecule has 6 nitrogen and oxygen atoms in total. The molecule has 8 aromatic carbocycles. The molecular formula is C51H31N5O. The molecule has 0 aliphatic rings. The van der Waals surface area contributed by atoms with Gasteiger partial charge in [0.05, 0.1) is 22.1 Å². The molecule has 0 spiro atoms. The summed E-state index contributed by atoms with van der Waals surface area (Å²) in [4.78, 5) is 15.7. The smallest absolute Gasteiger partial charge is 0.238 e. The first-order chi connectivity index (χ1) is 28.3. The van der Waals surface area contributed by atoms with Crippen molar-refractivity contribution in [2.75, 3.05) is 0 Å². The van der Waals surface area contributed by atoms with E-state index in [0.717, 1.165) is 77.0 Å².